The van der Waals surface area contributed by atoms with E-state index in [1.807, 2.05) is 53.1 Å². The molecule has 0 unspecified atom stereocenters. The number of benzene rings is 7. The van der Waals surface area contributed by atoms with Crippen LogP contribution < -0.4 is 5.56 Å². The third-order valence-corrected chi connectivity index (χ3v) is 9.05. The zero-order valence-electron chi connectivity index (χ0n) is 25.1. The summed E-state index contributed by atoms with van der Waals surface area (Å²) in [4.78, 5) is 14.1. The molecule has 7 aromatic carbocycles. The van der Waals surface area contributed by atoms with Crippen LogP contribution in [0.1, 0.15) is 16.7 Å². The molecule has 1 heterocycles. The first kappa shape index (κ1) is 26.2. The Bertz CT molecular complexity index is 2400. The average molecular weight is 566 g/mol. The maximum Gasteiger partial charge on any atom is 0.263 e. The fraction of sp³-hybridized carbons (Fsp3) is 0.0714. The summed E-state index contributed by atoms with van der Waals surface area (Å²) < 4.78 is 1.84. The summed E-state index contributed by atoms with van der Waals surface area (Å²) in [6.07, 6.45) is 0. The van der Waals surface area contributed by atoms with Gasteiger partial charge in [-0.25, -0.2) is 0 Å². The molecule has 0 atom stereocenters. The predicted octanol–water partition coefficient (Wildman–Crippen LogP) is 10.7. The molecule has 0 fully saturated rings. The van der Waals surface area contributed by atoms with E-state index in [1.165, 1.54) is 54.9 Å². The number of hydrogen-bond donors (Lipinski definition) is 0. The molecular weight excluding hydrogens is 534 g/mol. The normalized spacial score (nSPS) is 11.6. The van der Waals surface area contributed by atoms with Gasteiger partial charge in [0, 0.05) is 16.5 Å². The zero-order valence-corrected chi connectivity index (χ0v) is 25.1. The van der Waals surface area contributed by atoms with Crippen molar-refractivity contribution in [3.8, 4) is 27.9 Å². The molecule has 8 rings (SSSR count). The number of pyridine rings is 1. The van der Waals surface area contributed by atoms with Crippen molar-refractivity contribution in [2.24, 2.45) is 0 Å². The van der Waals surface area contributed by atoms with Gasteiger partial charge in [-0.1, -0.05) is 109 Å². The van der Waals surface area contributed by atoms with Gasteiger partial charge < -0.3 is 0 Å². The summed E-state index contributed by atoms with van der Waals surface area (Å²) in [5.41, 5.74) is 10.5. The van der Waals surface area contributed by atoms with Crippen molar-refractivity contribution in [1.82, 2.24) is 4.57 Å². The fourth-order valence-electron chi connectivity index (χ4n) is 7.35. The number of nitrogens with zero attached hydrogens (tertiary/aromatic N) is 1. The molecule has 0 N–H and O–H groups in total. The molecule has 210 valence electrons. The highest BCUT2D eigenvalue weighted by Crippen LogP contribution is 2.46. The molecule has 0 aliphatic carbocycles. The molecule has 0 spiro atoms. The molecule has 2 heteroatoms. The molecule has 0 amide bonds. The van der Waals surface area contributed by atoms with Crippen molar-refractivity contribution in [2.45, 2.75) is 20.8 Å². The van der Waals surface area contributed by atoms with Gasteiger partial charge in [-0.05, 0) is 111 Å². The van der Waals surface area contributed by atoms with Crippen molar-refractivity contribution in [2.75, 3.05) is 0 Å². The van der Waals surface area contributed by atoms with Gasteiger partial charge in [-0.2, -0.15) is 0 Å². The minimum atomic E-state index is -0.00756. The number of aryl methyl sites for hydroxylation is 3. The monoisotopic (exact) mass is 565 g/mol. The second-order valence-electron chi connectivity index (χ2n) is 11.9. The van der Waals surface area contributed by atoms with Gasteiger partial charge in [0.1, 0.15) is 0 Å². The molecule has 0 bridgehead atoms. The number of aromatic nitrogens is 1. The maximum absolute atomic E-state index is 14.1. The van der Waals surface area contributed by atoms with Crippen molar-refractivity contribution >= 4 is 43.2 Å². The maximum atomic E-state index is 14.1. The average Bonchev–Trinajstić information content (AvgIpc) is 3.04. The minimum absolute atomic E-state index is 0.00756. The van der Waals surface area contributed by atoms with E-state index in [0.717, 1.165) is 27.5 Å². The van der Waals surface area contributed by atoms with E-state index in [0.29, 0.717) is 5.39 Å². The molecule has 0 aliphatic heterocycles. The third-order valence-electron chi connectivity index (χ3n) is 9.05. The van der Waals surface area contributed by atoms with Crippen LogP contribution in [0.2, 0.25) is 0 Å². The van der Waals surface area contributed by atoms with Gasteiger partial charge in [0.25, 0.3) is 5.56 Å². The molecule has 2 nitrogen and oxygen atoms in total. The van der Waals surface area contributed by atoms with Crippen LogP contribution in [0.4, 0.5) is 0 Å². The Balaban J connectivity index is 1.48. The summed E-state index contributed by atoms with van der Waals surface area (Å²) in [6, 6.07) is 46.7. The first-order chi connectivity index (χ1) is 21.5. The Kier molecular flexibility index (Phi) is 5.99. The quantitative estimate of drug-likeness (QED) is 0.154. The van der Waals surface area contributed by atoms with Crippen LogP contribution in [-0.4, -0.2) is 4.57 Å². The van der Waals surface area contributed by atoms with Gasteiger partial charge in [0.15, 0.2) is 0 Å². The highest BCUT2D eigenvalue weighted by Gasteiger charge is 2.20. The zero-order chi connectivity index (χ0) is 29.9. The van der Waals surface area contributed by atoms with E-state index in [-0.39, 0.29) is 5.56 Å². The van der Waals surface area contributed by atoms with Crippen LogP contribution in [0.15, 0.2) is 138 Å². The van der Waals surface area contributed by atoms with Gasteiger partial charge >= 0.3 is 0 Å². The molecule has 0 saturated carbocycles. The minimum Gasteiger partial charge on any atom is -0.276 e. The first-order valence-electron chi connectivity index (χ1n) is 15.2. The van der Waals surface area contributed by atoms with Gasteiger partial charge in [0.05, 0.1) is 5.52 Å². The van der Waals surface area contributed by atoms with Crippen molar-refractivity contribution in [1.29, 1.82) is 0 Å². The van der Waals surface area contributed by atoms with Crippen LogP contribution in [0.3, 0.4) is 0 Å². The Labute approximate surface area is 256 Å². The summed E-state index contributed by atoms with van der Waals surface area (Å²) in [6.45, 7) is 6.62. The van der Waals surface area contributed by atoms with Gasteiger partial charge in [-0.15, -0.1) is 0 Å². The standard InChI is InChI=1S/C42H31NO/c1-26-23-27(2)39(28(3)24-26)41-34-18-9-7-16-32(34)40(33-17-8-10-19-35(33)41)29-21-22-36-37(25-29)31-15-11-12-20-38(31)43(42(36)44)30-13-5-4-6-14-30/h4-25H,1-3H3. The van der Waals surface area contributed by atoms with Crippen molar-refractivity contribution < 1.29 is 0 Å². The van der Waals surface area contributed by atoms with Crippen LogP contribution in [0.25, 0.3) is 71.2 Å². The first-order valence-corrected chi connectivity index (χ1v) is 15.2. The third kappa shape index (κ3) is 3.92. The molecule has 44 heavy (non-hydrogen) atoms. The Morgan fingerprint density at radius 3 is 1.57 bits per heavy atom. The molecule has 1 aromatic heterocycles. The molecule has 0 saturated heterocycles. The predicted molar refractivity (Wildman–Crippen MR) is 187 cm³/mol. The molecule has 0 aliphatic rings. The number of hydrogen-bond acceptors (Lipinski definition) is 1. The second-order valence-corrected chi connectivity index (χ2v) is 11.9. The van der Waals surface area contributed by atoms with Gasteiger partial charge in [-0.3, -0.25) is 9.36 Å². The Morgan fingerprint density at radius 1 is 0.432 bits per heavy atom. The topological polar surface area (TPSA) is 22.0 Å². The van der Waals surface area contributed by atoms with E-state index < -0.39 is 0 Å². The highest BCUT2D eigenvalue weighted by atomic mass is 16.1. The van der Waals surface area contributed by atoms with Crippen LogP contribution in [0, 0.1) is 20.8 Å². The van der Waals surface area contributed by atoms with Gasteiger partial charge in [0.2, 0.25) is 0 Å². The molecular formula is C42H31NO. The lowest BCUT2D eigenvalue weighted by molar-refractivity contribution is 1.06. The number of rotatable bonds is 3. The number of fused-ring (bicyclic) bond motifs is 5. The van der Waals surface area contributed by atoms with Crippen molar-refractivity contribution in [3.63, 3.8) is 0 Å². The lowest BCUT2D eigenvalue weighted by Crippen LogP contribution is -2.19. The molecule has 0 radical (unpaired) electrons. The summed E-state index contributed by atoms with van der Waals surface area (Å²) >= 11 is 0. The largest absolute Gasteiger partial charge is 0.276 e. The smallest absolute Gasteiger partial charge is 0.263 e. The van der Waals surface area contributed by atoms with E-state index in [9.17, 15) is 4.79 Å². The second kappa shape index (κ2) is 10.1. The van der Waals surface area contributed by atoms with Crippen LogP contribution >= 0.6 is 0 Å². The van der Waals surface area contributed by atoms with E-state index in [1.54, 1.807) is 0 Å². The van der Waals surface area contributed by atoms with Crippen LogP contribution in [0.5, 0.6) is 0 Å². The van der Waals surface area contributed by atoms with E-state index >= 15 is 0 Å². The van der Waals surface area contributed by atoms with Crippen molar-refractivity contribution in [3.05, 3.63) is 161 Å². The lowest BCUT2D eigenvalue weighted by atomic mass is 9.83. The van der Waals surface area contributed by atoms with Crippen LogP contribution in [-0.2, 0) is 0 Å². The Hall–Kier alpha value is -5.47. The highest BCUT2D eigenvalue weighted by molar-refractivity contribution is 6.22. The Morgan fingerprint density at radius 2 is 0.955 bits per heavy atom. The summed E-state index contributed by atoms with van der Waals surface area (Å²) in [5, 5.41) is 7.64. The SMILES string of the molecule is Cc1cc(C)c(-c2c3ccccc3c(-c3ccc4c(=O)n(-c5ccccc5)c5ccccc5c4c3)c3ccccc23)c(C)c1. The summed E-state index contributed by atoms with van der Waals surface area (Å²) in [7, 11) is 0. The van der Waals surface area contributed by atoms with E-state index in [4.69, 9.17) is 0 Å². The summed E-state index contributed by atoms with van der Waals surface area (Å²) in [5.74, 6) is 0. The van der Waals surface area contributed by atoms with E-state index in [2.05, 4.69) is 106 Å². The number of para-hydroxylation sites is 2. The lowest BCUT2D eigenvalue weighted by Gasteiger charge is -2.21. The fourth-order valence-corrected chi connectivity index (χ4v) is 7.35. The molecule has 8 aromatic rings.